The highest BCUT2D eigenvalue weighted by Crippen LogP contribution is 2.40. The second kappa shape index (κ2) is 4.74. The van der Waals surface area contributed by atoms with E-state index in [9.17, 15) is 8.78 Å². The first kappa shape index (κ1) is 12.3. The molecule has 2 unspecified atom stereocenters. The third-order valence-corrected chi connectivity index (χ3v) is 3.87. The van der Waals surface area contributed by atoms with E-state index in [0.29, 0.717) is 11.5 Å². The van der Waals surface area contributed by atoms with Crippen LogP contribution in [0.2, 0.25) is 0 Å². The van der Waals surface area contributed by atoms with Gasteiger partial charge in [0.1, 0.15) is 0 Å². The van der Waals surface area contributed by atoms with Gasteiger partial charge in [-0.05, 0) is 47.6 Å². The van der Waals surface area contributed by atoms with Gasteiger partial charge in [0, 0.05) is 6.04 Å². The summed E-state index contributed by atoms with van der Waals surface area (Å²) in [6.07, 6.45) is 1.79. The van der Waals surface area contributed by atoms with Crippen molar-refractivity contribution in [2.45, 2.75) is 24.8 Å². The van der Waals surface area contributed by atoms with Crippen molar-refractivity contribution < 1.29 is 8.78 Å². The molecule has 0 heterocycles. The zero-order valence-electron chi connectivity index (χ0n) is 10.4. The summed E-state index contributed by atoms with van der Waals surface area (Å²) in [5, 5.41) is 0. The second-order valence-corrected chi connectivity index (χ2v) is 5.12. The molecule has 0 fully saturated rings. The largest absolute Gasteiger partial charge is 0.324 e. The summed E-state index contributed by atoms with van der Waals surface area (Å²) < 4.78 is 26.1. The minimum absolute atomic E-state index is 0.256. The quantitative estimate of drug-likeness (QED) is 0.893. The van der Waals surface area contributed by atoms with Crippen LogP contribution in [0.4, 0.5) is 8.78 Å². The Balaban J connectivity index is 1.73. The lowest BCUT2D eigenvalue weighted by molar-refractivity contribution is 0.485. The Morgan fingerprint density at radius 3 is 2.63 bits per heavy atom. The summed E-state index contributed by atoms with van der Waals surface area (Å²) in [4.78, 5) is 0. The molecule has 0 amide bonds. The van der Waals surface area contributed by atoms with Gasteiger partial charge < -0.3 is 5.73 Å². The van der Waals surface area contributed by atoms with Crippen LogP contribution >= 0.6 is 0 Å². The van der Waals surface area contributed by atoms with E-state index in [1.165, 1.54) is 17.2 Å². The Morgan fingerprint density at radius 1 is 1.11 bits per heavy atom. The van der Waals surface area contributed by atoms with Gasteiger partial charge in [0.25, 0.3) is 0 Å². The van der Waals surface area contributed by atoms with Crippen LogP contribution in [0.25, 0.3) is 0 Å². The smallest absolute Gasteiger partial charge is 0.159 e. The zero-order valence-corrected chi connectivity index (χ0v) is 10.4. The van der Waals surface area contributed by atoms with Gasteiger partial charge in [0.15, 0.2) is 11.6 Å². The predicted octanol–water partition coefficient (Wildman–Crippen LogP) is 3.69. The van der Waals surface area contributed by atoms with Crippen molar-refractivity contribution >= 4 is 0 Å². The van der Waals surface area contributed by atoms with Crippen molar-refractivity contribution in [1.82, 2.24) is 0 Å². The Morgan fingerprint density at radius 2 is 1.89 bits per heavy atom. The molecule has 2 atom stereocenters. The summed E-state index contributed by atoms with van der Waals surface area (Å²) in [5.41, 5.74) is 9.45. The molecule has 3 heteroatoms. The number of benzene rings is 2. The Labute approximate surface area is 111 Å². The molecule has 1 nitrogen and oxygen atoms in total. The molecule has 0 spiro atoms. The molecule has 0 aromatic heterocycles. The first-order valence-corrected chi connectivity index (χ1v) is 6.43. The van der Waals surface area contributed by atoms with Crippen LogP contribution in [-0.4, -0.2) is 0 Å². The fourth-order valence-corrected chi connectivity index (χ4v) is 2.76. The van der Waals surface area contributed by atoms with E-state index in [-0.39, 0.29) is 6.04 Å². The summed E-state index contributed by atoms with van der Waals surface area (Å²) in [5.74, 6) is -1.23. The molecule has 3 rings (SSSR count). The molecule has 2 aromatic carbocycles. The molecule has 0 aliphatic heterocycles. The Hall–Kier alpha value is -1.74. The van der Waals surface area contributed by atoms with E-state index in [4.69, 9.17) is 5.73 Å². The number of halogens is 2. The lowest BCUT2D eigenvalue weighted by Crippen LogP contribution is -2.22. The fourth-order valence-electron chi connectivity index (χ4n) is 2.76. The van der Waals surface area contributed by atoms with Gasteiger partial charge in [-0.25, -0.2) is 8.78 Å². The van der Waals surface area contributed by atoms with Gasteiger partial charge in [-0.1, -0.05) is 30.3 Å². The van der Waals surface area contributed by atoms with E-state index in [2.05, 4.69) is 12.1 Å². The lowest BCUT2D eigenvalue weighted by atomic mass is 9.74. The van der Waals surface area contributed by atoms with Gasteiger partial charge in [-0.3, -0.25) is 0 Å². The molecule has 0 saturated heterocycles. The van der Waals surface area contributed by atoms with Crippen molar-refractivity contribution in [3.8, 4) is 0 Å². The van der Waals surface area contributed by atoms with Gasteiger partial charge >= 0.3 is 0 Å². The predicted molar refractivity (Wildman–Crippen MR) is 70.8 cm³/mol. The maximum Gasteiger partial charge on any atom is 0.159 e. The molecule has 1 aliphatic rings. The first-order valence-electron chi connectivity index (χ1n) is 6.43. The number of fused-ring (bicyclic) bond motifs is 1. The molecule has 2 N–H and O–H groups in total. The molecule has 1 aliphatic carbocycles. The molecule has 98 valence electrons. The highest BCUT2D eigenvalue weighted by molar-refractivity contribution is 5.40. The van der Waals surface area contributed by atoms with Crippen LogP contribution in [-0.2, 0) is 6.42 Å². The third-order valence-electron chi connectivity index (χ3n) is 3.87. The summed E-state index contributed by atoms with van der Waals surface area (Å²) >= 11 is 0. The molecule has 0 saturated carbocycles. The van der Waals surface area contributed by atoms with Crippen molar-refractivity contribution in [2.75, 3.05) is 0 Å². The monoisotopic (exact) mass is 259 g/mol. The van der Waals surface area contributed by atoms with E-state index in [1.54, 1.807) is 6.07 Å². The van der Waals surface area contributed by atoms with Crippen LogP contribution in [0.1, 0.15) is 35.1 Å². The summed E-state index contributed by atoms with van der Waals surface area (Å²) in [6.45, 7) is 0. The third kappa shape index (κ3) is 2.26. The van der Waals surface area contributed by atoms with Gasteiger partial charge in [-0.15, -0.1) is 0 Å². The number of rotatable bonds is 3. The van der Waals surface area contributed by atoms with Gasteiger partial charge in [0.2, 0.25) is 0 Å². The number of hydrogen-bond donors (Lipinski definition) is 1. The standard InChI is InChI=1S/C16H15F2N/c17-14-6-5-11(8-15(14)18)16(19)9-12-7-10-3-1-2-4-13(10)12/h1-6,8,12,16H,7,9,19H2. The molecule has 0 radical (unpaired) electrons. The summed E-state index contributed by atoms with van der Waals surface area (Å²) in [6, 6.07) is 11.9. The van der Waals surface area contributed by atoms with Crippen LogP contribution in [0.5, 0.6) is 0 Å². The topological polar surface area (TPSA) is 26.0 Å². The number of hydrogen-bond acceptors (Lipinski definition) is 1. The average molecular weight is 259 g/mol. The fraction of sp³-hybridized carbons (Fsp3) is 0.250. The maximum absolute atomic E-state index is 13.2. The molecule has 19 heavy (non-hydrogen) atoms. The Bertz CT molecular complexity index is 609. The van der Waals surface area contributed by atoms with Gasteiger partial charge in [-0.2, -0.15) is 0 Å². The van der Waals surface area contributed by atoms with Crippen molar-refractivity contribution in [3.63, 3.8) is 0 Å². The SMILES string of the molecule is NC(CC1Cc2ccccc21)c1ccc(F)c(F)c1. The molecule has 0 bridgehead atoms. The van der Waals surface area contributed by atoms with E-state index < -0.39 is 11.6 Å². The lowest BCUT2D eigenvalue weighted by Gasteiger charge is -2.32. The minimum atomic E-state index is -0.832. The van der Waals surface area contributed by atoms with Crippen molar-refractivity contribution in [2.24, 2.45) is 5.73 Å². The molecular formula is C16H15F2N. The maximum atomic E-state index is 13.2. The molecule has 2 aromatic rings. The van der Waals surface area contributed by atoms with E-state index in [1.807, 2.05) is 12.1 Å². The summed E-state index contributed by atoms with van der Waals surface area (Å²) in [7, 11) is 0. The minimum Gasteiger partial charge on any atom is -0.324 e. The Kier molecular flexibility index (Phi) is 3.07. The highest BCUT2D eigenvalue weighted by atomic mass is 19.2. The second-order valence-electron chi connectivity index (χ2n) is 5.12. The first-order chi connectivity index (χ1) is 9.15. The average Bonchev–Trinajstić information content (AvgIpc) is 2.39. The molecular weight excluding hydrogens is 244 g/mol. The normalized spacial score (nSPS) is 18.6. The van der Waals surface area contributed by atoms with Crippen molar-refractivity contribution in [3.05, 3.63) is 70.8 Å². The van der Waals surface area contributed by atoms with Crippen LogP contribution in [0.15, 0.2) is 42.5 Å². The van der Waals surface area contributed by atoms with E-state index in [0.717, 1.165) is 18.9 Å². The van der Waals surface area contributed by atoms with E-state index >= 15 is 0 Å². The highest BCUT2D eigenvalue weighted by Gasteiger charge is 2.27. The van der Waals surface area contributed by atoms with Crippen LogP contribution in [0.3, 0.4) is 0 Å². The zero-order chi connectivity index (χ0) is 13.4. The number of nitrogens with two attached hydrogens (primary N) is 1. The van der Waals surface area contributed by atoms with Gasteiger partial charge in [0.05, 0.1) is 0 Å². The van der Waals surface area contributed by atoms with Crippen molar-refractivity contribution in [1.29, 1.82) is 0 Å². The van der Waals surface area contributed by atoms with Crippen LogP contribution in [0, 0.1) is 11.6 Å². The van der Waals surface area contributed by atoms with Crippen LogP contribution < -0.4 is 5.73 Å².